The van der Waals surface area contributed by atoms with Crippen molar-refractivity contribution in [3.05, 3.63) is 23.4 Å². The van der Waals surface area contributed by atoms with Crippen LogP contribution in [0.2, 0.25) is 0 Å². The summed E-state index contributed by atoms with van der Waals surface area (Å²) >= 11 is 0. The number of anilines is 1. The number of aromatic nitrogens is 1. The largest absolute Gasteiger partial charge is 0.383 e. The van der Waals surface area contributed by atoms with Crippen molar-refractivity contribution in [1.82, 2.24) is 10.3 Å². The van der Waals surface area contributed by atoms with E-state index in [0.29, 0.717) is 0 Å². The number of hydrogen-bond acceptors (Lipinski definition) is 4. The van der Waals surface area contributed by atoms with E-state index >= 15 is 0 Å². The molecule has 0 aliphatic rings. The van der Waals surface area contributed by atoms with Gasteiger partial charge in [0.1, 0.15) is 5.82 Å². The topological polar surface area (TPSA) is 37.4 Å². The van der Waals surface area contributed by atoms with Gasteiger partial charge in [0.05, 0.1) is 6.61 Å². The minimum atomic E-state index is 0.729. The van der Waals surface area contributed by atoms with Gasteiger partial charge in [-0.1, -0.05) is 6.92 Å². The maximum Gasteiger partial charge on any atom is 0.129 e. The van der Waals surface area contributed by atoms with Crippen LogP contribution in [0, 0.1) is 0 Å². The Bertz CT molecular complexity index is 355. The molecule has 1 aromatic heterocycles. The number of methoxy groups -OCH3 is 1. The average Bonchev–Trinajstić information content (AvgIpc) is 2.39. The number of likely N-dealkylation sites (N-methyl/N-ethyl adjacent to an activating group) is 1. The van der Waals surface area contributed by atoms with Crippen LogP contribution in [0.25, 0.3) is 0 Å². The smallest absolute Gasteiger partial charge is 0.129 e. The van der Waals surface area contributed by atoms with Crippen molar-refractivity contribution >= 4 is 5.82 Å². The molecule has 0 aromatic carbocycles. The summed E-state index contributed by atoms with van der Waals surface area (Å²) < 4.78 is 5.15. The van der Waals surface area contributed by atoms with Gasteiger partial charge >= 0.3 is 0 Å². The van der Waals surface area contributed by atoms with E-state index in [0.717, 1.165) is 44.2 Å². The zero-order chi connectivity index (χ0) is 13.4. The third-order valence-corrected chi connectivity index (χ3v) is 2.94. The van der Waals surface area contributed by atoms with Crippen LogP contribution in [0.3, 0.4) is 0 Å². The summed E-state index contributed by atoms with van der Waals surface area (Å²) in [6.45, 7) is 7.72. The third-order valence-electron chi connectivity index (χ3n) is 2.94. The van der Waals surface area contributed by atoms with Gasteiger partial charge in [0, 0.05) is 32.4 Å². The van der Waals surface area contributed by atoms with Crippen LogP contribution in [0.15, 0.2) is 12.1 Å². The molecule has 0 fully saturated rings. The minimum absolute atomic E-state index is 0.729. The van der Waals surface area contributed by atoms with Gasteiger partial charge in [-0.05, 0) is 38.1 Å². The summed E-state index contributed by atoms with van der Waals surface area (Å²) in [5, 5.41) is 3.19. The molecule has 0 aliphatic heterocycles. The van der Waals surface area contributed by atoms with Gasteiger partial charge in [0.15, 0.2) is 0 Å². The first kappa shape index (κ1) is 14.9. The van der Waals surface area contributed by atoms with E-state index in [1.54, 1.807) is 7.11 Å². The molecule has 0 bridgehead atoms. The highest BCUT2D eigenvalue weighted by Gasteiger charge is 2.08. The maximum absolute atomic E-state index is 5.15. The highest BCUT2D eigenvalue weighted by molar-refractivity contribution is 5.42. The fourth-order valence-electron chi connectivity index (χ4n) is 1.92. The van der Waals surface area contributed by atoms with Crippen molar-refractivity contribution in [1.29, 1.82) is 0 Å². The molecule has 1 N–H and O–H groups in total. The molecule has 1 aromatic rings. The molecule has 1 heterocycles. The lowest BCUT2D eigenvalue weighted by Gasteiger charge is -2.23. The van der Waals surface area contributed by atoms with E-state index in [4.69, 9.17) is 9.72 Å². The van der Waals surface area contributed by atoms with Crippen molar-refractivity contribution in [2.75, 3.05) is 38.8 Å². The number of aryl methyl sites for hydroxylation is 1. The molecule has 4 heteroatoms. The van der Waals surface area contributed by atoms with Crippen molar-refractivity contribution < 1.29 is 4.74 Å². The van der Waals surface area contributed by atoms with Gasteiger partial charge in [-0.2, -0.15) is 0 Å². The number of ether oxygens (including phenoxy) is 1. The van der Waals surface area contributed by atoms with Crippen LogP contribution < -0.4 is 10.2 Å². The molecule has 18 heavy (non-hydrogen) atoms. The Morgan fingerprint density at radius 1 is 1.33 bits per heavy atom. The van der Waals surface area contributed by atoms with E-state index in [1.165, 1.54) is 5.56 Å². The Morgan fingerprint density at radius 2 is 2.11 bits per heavy atom. The quantitative estimate of drug-likeness (QED) is 0.765. The normalized spacial score (nSPS) is 10.7. The van der Waals surface area contributed by atoms with Crippen molar-refractivity contribution in [3.63, 3.8) is 0 Å². The van der Waals surface area contributed by atoms with E-state index in [1.807, 2.05) is 7.05 Å². The van der Waals surface area contributed by atoms with Crippen molar-refractivity contribution in [3.8, 4) is 0 Å². The highest BCUT2D eigenvalue weighted by Crippen LogP contribution is 2.15. The molecule has 4 nitrogen and oxygen atoms in total. The third kappa shape index (κ3) is 4.27. The van der Waals surface area contributed by atoms with Crippen LogP contribution >= 0.6 is 0 Å². The number of pyridine rings is 1. The van der Waals surface area contributed by atoms with Gasteiger partial charge in [0.25, 0.3) is 0 Å². The molecule has 0 aliphatic carbocycles. The molecule has 0 radical (unpaired) electrons. The summed E-state index contributed by atoms with van der Waals surface area (Å²) in [7, 11) is 3.70. The summed E-state index contributed by atoms with van der Waals surface area (Å²) in [6, 6.07) is 4.33. The van der Waals surface area contributed by atoms with Gasteiger partial charge in [-0.3, -0.25) is 0 Å². The standard InChI is InChI=1S/C14H25N3O/c1-5-13-9-12(11-15-3)10-14(16-13)17(6-2)7-8-18-4/h9-10,15H,5-8,11H2,1-4H3. The fraction of sp³-hybridized carbons (Fsp3) is 0.643. The second-order valence-electron chi connectivity index (χ2n) is 4.28. The predicted molar refractivity (Wildman–Crippen MR) is 76.1 cm³/mol. The molecule has 0 spiro atoms. The van der Waals surface area contributed by atoms with E-state index in [2.05, 4.69) is 36.2 Å². The molecular formula is C14H25N3O. The molecular weight excluding hydrogens is 226 g/mol. The van der Waals surface area contributed by atoms with Crippen molar-refractivity contribution in [2.45, 2.75) is 26.8 Å². The summed E-state index contributed by atoms with van der Waals surface area (Å²) in [4.78, 5) is 6.95. The first-order valence-corrected chi connectivity index (χ1v) is 6.63. The first-order valence-electron chi connectivity index (χ1n) is 6.63. The lowest BCUT2D eigenvalue weighted by atomic mass is 10.2. The second-order valence-corrected chi connectivity index (χ2v) is 4.28. The maximum atomic E-state index is 5.15. The van der Waals surface area contributed by atoms with Gasteiger partial charge in [0.2, 0.25) is 0 Å². The summed E-state index contributed by atoms with van der Waals surface area (Å²) in [5.74, 6) is 1.05. The number of nitrogens with zero attached hydrogens (tertiary/aromatic N) is 2. The molecule has 0 saturated heterocycles. The number of hydrogen-bond donors (Lipinski definition) is 1. The van der Waals surface area contributed by atoms with Crippen LogP contribution in [0.4, 0.5) is 5.82 Å². The zero-order valence-corrected chi connectivity index (χ0v) is 12.0. The average molecular weight is 251 g/mol. The summed E-state index contributed by atoms with van der Waals surface area (Å²) in [6.07, 6.45) is 0.965. The lowest BCUT2D eigenvalue weighted by molar-refractivity contribution is 0.205. The second kappa shape index (κ2) is 8.06. The fourth-order valence-corrected chi connectivity index (χ4v) is 1.92. The Hall–Kier alpha value is -1.13. The zero-order valence-electron chi connectivity index (χ0n) is 12.0. The molecule has 102 valence electrons. The monoisotopic (exact) mass is 251 g/mol. The Labute approximate surface area is 110 Å². The molecule has 0 saturated carbocycles. The van der Waals surface area contributed by atoms with Gasteiger partial charge < -0.3 is 15.0 Å². The highest BCUT2D eigenvalue weighted by atomic mass is 16.5. The van der Waals surface area contributed by atoms with E-state index in [-0.39, 0.29) is 0 Å². The Balaban J connectivity index is 2.93. The molecule has 0 atom stereocenters. The predicted octanol–water partition coefficient (Wildman–Crippen LogP) is 1.84. The SMILES string of the molecule is CCc1cc(CNC)cc(N(CC)CCOC)n1. The van der Waals surface area contributed by atoms with Gasteiger partial charge in [-0.15, -0.1) is 0 Å². The van der Waals surface area contributed by atoms with Gasteiger partial charge in [-0.25, -0.2) is 4.98 Å². The van der Waals surface area contributed by atoms with Crippen LogP contribution in [0.5, 0.6) is 0 Å². The van der Waals surface area contributed by atoms with E-state index < -0.39 is 0 Å². The Kier molecular flexibility index (Phi) is 6.68. The Morgan fingerprint density at radius 3 is 2.67 bits per heavy atom. The van der Waals surface area contributed by atoms with Crippen LogP contribution in [-0.4, -0.2) is 38.8 Å². The first-order chi connectivity index (χ1) is 8.74. The van der Waals surface area contributed by atoms with Crippen LogP contribution in [0.1, 0.15) is 25.1 Å². The lowest BCUT2D eigenvalue weighted by Crippen LogP contribution is -2.28. The van der Waals surface area contributed by atoms with Crippen molar-refractivity contribution in [2.24, 2.45) is 0 Å². The van der Waals surface area contributed by atoms with Crippen LogP contribution in [-0.2, 0) is 17.7 Å². The summed E-state index contributed by atoms with van der Waals surface area (Å²) in [5.41, 5.74) is 2.43. The number of nitrogens with one attached hydrogen (secondary N) is 1. The molecule has 1 rings (SSSR count). The number of rotatable bonds is 8. The molecule has 0 unspecified atom stereocenters. The molecule has 0 amide bonds. The van der Waals surface area contributed by atoms with E-state index in [9.17, 15) is 0 Å². The minimum Gasteiger partial charge on any atom is -0.383 e.